The minimum atomic E-state index is 0.594. The lowest BCUT2D eigenvalue weighted by atomic mass is 10.1. The smallest absolute Gasteiger partial charge is 0.238 e. The van der Waals surface area contributed by atoms with Crippen LogP contribution in [0, 0.1) is 6.92 Å². The molecule has 0 spiro atoms. The van der Waals surface area contributed by atoms with E-state index in [1.807, 2.05) is 60.7 Å². The number of rotatable bonds is 4. The molecule has 0 N–H and O–H groups in total. The number of aryl methyl sites for hydroxylation is 1. The third-order valence-electron chi connectivity index (χ3n) is 8.62. The van der Waals surface area contributed by atoms with Crippen molar-refractivity contribution in [3.8, 4) is 34.4 Å². The Morgan fingerprint density at radius 3 is 1.58 bits per heavy atom. The van der Waals surface area contributed by atoms with Crippen LogP contribution < -0.4 is 0 Å². The van der Waals surface area contributed by atoms with E-state index in [1.165, 1.54) is 27.4 Å². The summed E-state index contributed by atoms with van der Waals surface area (Å²) in [5, 5.41) is 4.71. The highest BCUT2D eigenvalue weighted by molar-refractivity contribution is 6.19. The fourth-order valence-corrected chi connectivity index (χ4v) is 6.56. The van der Waals surface area contributed by atoms with Crippen molar-refractivity contribution in [1.82, 2.24) is 24.1 Å². The zero-order chi connectivity index (χ0) is 29.9. The van der Waals surface area contributed by atoms with Gasteiger partial charge in [0.25, 0.3) is 0 Å². The molecule has 3 aromatic heterocycles. The fraction of sp³-hybridized carbons (Fsp3) is 0.0250. The Labute approximate surface area is 259 Å². The van der Waals surface area contributed by atoms with E-state index in [0.29, 0.717) is 17.6 Å². The van der Waals surface area contributed by atoms with Crippen molar-refractivity contribution >= 4 is 43.6 Å². The Balaban J connectivity index is 1.41. The first-order chi connectivity index (χ1) is 22.2. The summed E-state index contributed by atoms with van der Waals surface area (Å²) in [6.07, 6.45) is 0. The molecule has 0 aliphatic carbocycles. The van der Waals surface area contributed by atoms with Crippen LogP contribution in [0.15, 0.2) is 146 Å². The molecule has 0 atom stereocenters. The second-order valence-corrected chi connectivity index (χ2v) is 11.4. The predicted octanol–water partition coefficient (Wildman–Crippen LogP) is 9.71. The molecule has 0 amide bonds. The summed E-state index contributed by atoms with van der Waals surface area (Å²) in [5.41, 5.74) is 8.73. The van der Waals surface area contributed by atoms with Gasteiger partial charge in [-0.2, -0.15) is 9.97 Å². The fourth-order valence-electron chi connectivity index (χ4n) is 6.56. The molecule has 0 aliphatic rings. The van der Waals surface area contributed by atoms with Crippen molar-refractivity contribution < 1.29 is 0 Å². The maximum Gasteiger partial charge on any atom is 0.238 e. The predicted molar refractivity (Wildman–Crippen MR) is 184 cm³/mol. The van der Waals surface area contributed by atoms with Crippen LogP contribution in [-0.2, 0) is 0 Å². The monoisotopic (exact) mass is 577 g/mol. The summed E-state index contributed by atoms with van der Waals surface area (Å²) in [7, 11) is 0. The number of nitrogens with zero attached hydrogens (tertiary/aromatic N) is 5. The van der Waals surface area contributed by atoms with Crippen molar-refractivity contribution in [2.75, 3.05) is 0 Å². The van der Waals surface area contributed by atoms with Crippen LogP contribution in [0.2, 0.25) is 0 Å². The second-order valence-electron chi connectivity index (χ2n) is 11.4. The van der Waals surface area contributed by atoms with Crippen molar-refractivity contribution in [2.45, 2.75) is 6.92 Å². The molecule has 0 radical (unpaired) electrons. The lowest BCUT2D eigenvalue weighted by Gasteiger charge is -2.11. The molecular weight excluding hydrogens is 550 g/mol. The zero-order valence-electron chi connectivity index (χ0n) is 24.6. The lowest BCUT2D eigenvalue weighted by molar-refractivity contribution is 0.954. The molecule has 0 fully saturated rings. The molecule has 6 aromatic carbocycles. The van der Waals surface area contributed by atoms with Gasteiger partial charge in [-0.3, -0.25) is 4.57 Å². The molecule has 0 aliphatic heterocycles. The maximum atomic E-state index is 5.12. The van der Waals surface area contributed by atoms with Gasteiger partial charge in [0.05, 0.1) is 22.1 Å². The Hall–Kier alpha value is -6.07. The summed E-state index contributed by atoms with van der Waals surface area (Å²) in [5.74, 6) is 1.88. The third-order valence-corrected chi connectivity index (χ3v) is 8.62. The highest BCUT2D eigenvalue weighted by Gasteiger charge is 2.21. The molecular formula is C40H27N5. The first-order valence-electron chi connectivity index (χ1n) is 15.1. The van der Waals surface area contributed by atoms with Gasteiger partial charge in [-0.25, -0.2) is 4.98 Å². The van der Waals surface area contributed by atoms with Gasteiger partial charge in [0.2, 0.25) is 5.95 Å². The highest BCUT2D eigenvalue weighted by Crippen LogP contribution is 2.39. The van der Waals surface area contributed by atoms with Crippen LogP contribution in [0.1, 0.15) is 5.56 Å². The van der Waals surface area contributed by atoms with E-state index in [9.17, 15) is 0 Å². The highest BCUT2D eigenvalue weighted by atomic mass is 15.2. The summed E-state index contributed by atoms with van der Waals surface area (Å²) < 4.78 is 4.58. The summed E-state index contributed by atoms with van der Waals surface area (Å²) in [4.78, 5) is 15.2. The van der Waals surface area contributed by atoms with Crippen molar-refractivity contribution in [2.24, 2.45) is 0 Å². The molecule has 0 saturated heterocycles. The van der Waals surface area contributed by atoms with Crippen LogP contribution in [0.3, 0.4) is 0 Å². The Kier molecular flexibility index (Phi) is 5.65. The summed E-state index contributed by atoms with van der Waals surface area (Å²) in [6, 6.07) is 50.8. The summed E-state index contributed by atoms with van der Waals surface area (Å²) >= 11 is 0. The lowest BCUT2D eigenvalue weighted by Crippen LogP contribution is -2.06. The maximum absolute atomic E-state index is 5.12. The number of aromatic nitrogens is 5. The van der Waals surface area contributed by atoms with E-state index >= 15 is 0 Å². The van der Waals surface area contributed by atoms with Crippen molar-refractivity contribution in [3.63, 3.8) is 0 Å². The topological polar surface area (TPSA) is 48.5 Å². The molecule has 5 nitrogen and oxygen atoms in total. The SMILES string of the molecule is Cc1ccc2c(c1)c1cc3c(cc1n2-c1ccccc1)c1ccccc1n3-c1nc(-c2ccccc2)nc(-c2ccccc2)n1. The number of fused-ring (bicyclic) bond motifs is 6. The quantitative estimate of drug-likeness (QED) is 0.209. The Bertz CT molecular complexity index is 2470. The normalized spacial score (nSPS) is 11.7. The number of hydrogen-bond donors (Lipinski definition) is 0. The molecule has 0 saturated carbocycles. The molecule has 9 rings (SSSR count). The van der Waals surface area contributed by atoms with Gasteiger partial charge in [-0.15, -0.1) is 0 Å². The Morgan fingerprint density at radius 1 is 0.400 bits per heavy atom. The van der Waals surface area contributed by atoms with E-state index in [1.54, 1.807) is 0 Å². The van der Waals surface area contributed by atoms with Crippen molar-refractivity contribution in [1.29, 1.82) is 0 Å². The van der Waals surface area contributed by atoms with Crippen molar-refractivity contribution in [3.05, 3.63) is 151 Å². The number of hydrogen-bond acceptors (Lipinski definition) is 3. The van der Waals surface area contributed by atoms with Gasteiger partial charge < -0.3 is 4.57 Å². The molecule has 0 bridgehead atoms. The average Bonchev–Trinajstić information content (AvgIpc) is 3.60. The van der Waals surface area contributed by atoms with Gasteiger partial charge in [-0.1, -0.05) is 109 Å². The Morgan fingerprint density at radius 2 is 0.911 bits per heavy atom. The van der Waals surface area contributed by atoms with Crippen LogP contribution in [0.4, 0.5) is 0 Å². The van der Waals surface area contributed by atoms with Crippen LogP contribution >= 0.6 is 0 Å². The van der Waals surface area contributed by atoms with Crippen LogP contribution in [-0.4, -0.2) is 24.1 Å². The molecule has 3 heterocycles. The van der Waals surface area contributed by atoms with Gasteiger partial charge in [0.1, 0.15) is 0 Å². The van der Waals surface area contributed by atoms with E-state index in [2.05, 4.69) is 101 Å². The average molecular weight is 578 g/mol. The number of para-hydroxylation sites is 2. The number of benzene rings is 6. The molecule has 0 unspecified atom stereocenters. The van der Waals surface area contributed by atoms with Gasteiger partial charge in [0.15, 0.2) is 11.6 Å². The van der Waals surface area contributed by atoms with E-state index in [-0.39, 0.29) is 0 Å². The van der Waals surface area contributed by atoms with Gasteiger partial charge in [0, 0.05) is 38.4 Å². The standard InChI is InChI=1S/C40H27N5/c1-26-21-22-35-31(23-26)33-25-37-32(24-36(33)44(35)29-17-9-4-10-18-29)30-19-11-12-20-34(30)45(37)40-42-38(27-13-5-2-6-14-27)41-39(43-40)28-15-7-3-8-16-28/h2-25H,1H3. The first-order valence-corrected chi connectivity index (χ1v) is 15.1. The summed E-state index contributed by atoms with van der Waals surface area (Å²) in [6.45, 7) is 2.15. The van der Waals surface area contributed by atoms with Gasteiger partial charge >= 0.3 is 0 Å². The first kappa shape index (κ1) is 25.4. The zero-order valence-corrected chi connectivity index (χ0v) is 24.6. The second kappa shape index (κ2) is 10.00. The van der Waals surface area contributed by atoms with Crippen LogP contribution in [0.5, 0.6) is 0 Å². The van der Waals surface area contributed by atoms with E-state index < -0.39 is 0 Å². The third kappa shape index (κ3) is 4.05. The molecule has 9 aromatic rings. The molecule has 45 heavy (non-hydrogen) atoms. The van der Waals surface area contributed by atoms with Crippen LogP contribution in [0.25, 0.3) is 78.0 Å². The largest absolute Gasteiger partial charge is 0.309 e. The van der Waals surface area contributed by atoms with Gasteiger partial charge in [-0.05, 0) is 49.4 Å². The minimum Gasteiger partial charge on any atom is -0.309 e. The minimum absolute atomic E-state index is 0.594. The van der Waals surface area contributed by atoms with E-state index in [0.717, 1.165) is 38.6 Å². The molecule has 212 valence electrons. The van der Waals surface area contributed by atoms with E-state index in [4.69, 9.17) is 15.0 Å². The molecule has 5 heteroatoms.